The maximum atomic E-state index is 12.7. The Labute approximate surface area is 104 Å². The van der Waals surface area contributed by atoms with Crippen molar-refractivity contribution >= 4 is 5.78 Å². The van der Waals surface area contributed by atoms with Crippen LogP contribution in [0.2, 0.25) is 0 Å². The summed E-state index contributed by atoms with van der Waals surface area (Å²) in [5.41, 5.74) is 0.636. The van der Waals surface area contributed by atoms with E-state index in [-0.39, 0.29) is 5.54 Å². The molecule has 0 aromatic heterocycles. The molecule has 0 amide bonds. The highest BCUT2D eigenvalue weighted by Gasteiger charge is 2.42. The first-order chi connectivity index (χ1) is 8.17. The van der Waals surface area contributed by atoms with E-state index < -0.39 is 0 Å². The summed E-state index contributed by atoms with van der Waals surface area (Å²) in [6, 6.07) is 0. The van der Waals surface area contributed by atoms with E-state index in [2.05, 4.69) is 4.90 Å². The van der Waals surface area contributed by atoms with Gasteiger partial charge in [0.05, 0.1) is 18.4 Å². The van der Waals surface area contributed by atoms with Gasteiger partial charge in [-0.1, -0.05) is 19.3 Å². The minimum atomic E-state index is -0.259. The van der Waals surface area contributed by atoms with E-state index in [0.29, 0.717) is 5.78 Å². The first-order valence-corrected chi connectivity index (χ1v) is 6.70. The van der Waals surface area contributed by atoms with Gasteiger partial charge in [0.1, 0.15) is 0 Å². The highest BCUT2D eigenvalue weighted by atomic mass is 16.5. The maximum absolute atomic E-state index is 12.7. The molecule has 1 fully saturated rings. The predicted molar refractivity (Wildman–Crippen MR) is 67.8 cm³/mol. The predicted octanol–water partition coefficient (Wildman–Crippen LogP) is 2.51. The van der Waals surface area contributed by atoms with Crippen molar-refractivity contribution in [2.45, 2.75) is 50.5 Å². The van der Waals surface area contributed by atoms with Gasteiger partial charge in [-0.3, -0.25) is 9.69 Å². The van der Waals surface area contributed by atoms with Gasteiger partial charge in [0.25, 0.3) is 0 Å². The zero-order valence-electron chi connectivity index (χ0n) is 11.0. The molecule has 2 rings (SSSR count). The zero-order valence-corrected chi connectivity index (χ0v) is 11.0. The third kappa shape index (κ3) is 2.39. The second-order valence-corrected chi connectivity index (χ2v) is 5.43. The fraction of sp³-hybridized carbons (Fsp3) is 0.786. The summed E-state index contributed by atoms with van der Waals surface area (Å²) in [6.45, 7) is 0.756. The zero-order chi connectivity index (χ0) is 12.3. The van der Waals surface area contributed by atoms with Gasteiger partial charge in [0.15, 0.2) is 5.78 Å². The molecule has 2 aliphatic rings. The molecule has 3 nitrogen and oxygen atoms in total. The molecular weight excluding hydrogens is 214 g/mol. The summed E-state index contributed by atoms with van der Waals surface area (Å²) in [5.74, 6) is 0.307. The van der Waals surface area contributed by atoms with Crippen LogP contribution in [-0.4, -0.2) is 36.9 Å². The van der Waals surface area contributed by atoms with Gasteiger partial charge in [-0.05, 0) is 39.8 Å². The second kappa shape index (κ2) is 5.21. The third-order valence-corrected chi connectivity index (χ3v) is 4.18. The molecule has 0 radical (unpaired) electrons. The summed E-state index contributed by atoms with van der Waals surface area (Å²) in [4.78, 5) is 14.9. The van der Waals surface area contributed by atoms with Crippen LogP contribution >= 0.6 is 0 Å². The lowest BCUT2D eigenvalue weighted by Gasteiger charge is -2.42. The van der Waals surface area contributed by atoms with Crippen LogP contribution in [0, 0.1) is 0 Å². The van der Waals surface area contributed by atoms with E-state index in [1.807, 2.05) is 14.1 Å². The topological polar surface area (TPSA) is 29.5 Å². The lowest BCUT2D eigenvalue weighted by molar-refractivity contribution is -0.128. The number of hydrogen-bond donors (Lipinski definition) is 0. The lowest BCUT2D eigenvalue weighted by atomic mass is 9.75. The lowest BCUT2D eigenvalue weighted by Crippen LogP contribution is -2.53. The van der Waals surface area contributed by atoms with Gasteiger partial charge >= 0.3 is 0 Å². The minimum absolute atomic E-state index is 0.259. The summed E-state index contributed by atoms with van der Waals surface area (Å²) in [7, 11) is 4.07. The Morgan fingerprint density at radius 1 is 1.24 bits per heavy atom. The molecule has 1 aliphatic heterocycles. The number of likely N-dealkylation sites (N-methyl/N-ethyl adjacent to an activating group) is 1. The van der Waals surface area contributed by atoms with E-state index in [9.17, 15) is 4.79 Å². The maximum Gasteiger partial charge on any atom is 0.182 e. The van der Waals surface area contributed by atoms with Crippen molar-refractivity contribution in [1.82, 2.24) is 4.90 Å². The highest BCUT2D eigenvalue weighted by molar-refractivity contribution is 6.02. The Morgan fingerprint density at radius 2 is 1.94 bits per heavy atom. The third-order valence-electron chi connectivity index (χ3n) is 4.18. The van der Waals surface area contributed by atoms with Gasteiger partial charge in [-0.25, -0.2) is 0 Å². The van der Waals surface area contributed by atoms with Gasteiger partial charge < -0.3 is 4.74 Å². The molecule has 1 heterocycles. The molecule has 0 bridgehead atoms. The summed E-state index contributed by atoms with van der Waals surface area (Å²) >= 11 is 0. The molecule has 0 atom stereocenters. The van der Waals surface area contributed by atoms with E-state index in [1.54, 1.807) is 6.26 Å². The smallest absolute Gasteiger partial charge is 0.182 e. The Morgan fingerprint density at radius 3 is 2.47 bits per heavy atom. The molecule has 0 N–H and O–H groups in total. The number of nitrogens with zero attached hydrogens (tertiary/aromatic N) is 1. The number of ether oxygens (including phenoxy) is 1. The number of rotatable bonds is 3. The van der Waals surface area contributed by atoms with Crippen LogP contribution < -0.4 is 0 Å². The van der Waals surface area contributed by atoms with E-state index in [1.165, 1.54) is 6.42 Å². The second-order valence-electron chi connectivity index (χ2n) is 5.43. The van der Waals surface area contributed by atoms with Crippen molar-refractivity contribution in [3.8, 4) is 0 Å². The largest absolute Gasteiger partial charge is 0.501 e. The van der Waals surface area contributed by atoms with E-state index in [4.69, 9.17) is 4.74 Å². The average Bonchev–Trinajstić information content (AvgIpc) is 2.39. The van der Waals surface area contributed by atoms with Crippen molar-refractivity contribution in [1.29, 1.82) is 0 Å². The quantitative estimate of drug-likeness (QED) is 0.755. The normalized spacial score (nSPS) is 24.1. The van der Waals surface area contributed by atoms with Gasteiger partial charge in [-0.2, -0.15) is 0 Å². The van der Waals surface area contributed by atoms with Crippen LogP contribution in [0.5, 0.6) is 0 Å². The van der Waals surface area contributed by atoms with Crippen molar-refractivity contribution < 1.29 is 9.53 Å². The molecule has 0 aromatic carbocycles. The first-order valence-electron chi connectivity index (χ1n) is 6.70. The molecule has 0 aromatic rings. The number of carbonyl (C=O) groups excluding carboxylic acids is 1. The monoisotopic (exact) mass is 237 g/mol. The summed E-state index contributed by atoms with van der Waals surface area (Å²) in [6.07, 6.45) is 9.14. The number of carbonyl (C=O) groups is 1. The molecule has 0 unspecified atom stereocenters. The minimum Gasteiger partial charge on any atom is -0.501 e. The van der Waals surface area contributed by atoms with E-state index in [0.717, 1.165) is 50.7 Å². The van der Waals surface area contributed by atoms with E-state index >= 15 is 0 Å². The SMILES string of the molecule is CN(C)C1(C(=O)C2=COCCC2)CCCCC1. The first kappa shape index (κ1) is 12.6. The Kier molecular flexibility index (Phi) is 3.87. The van der Waals surface area contributed by atoms with Crippen molar-refractivity contribution in [2.24, 2.45) is 0 Å². The van der Waals surface area contributed by atoms with Gasteiger partial charge in [0.2, 0.25) is 0 Å². The van der Waals surface area contributed by atoms with Gasteiger partial charge in [0, 0.05) is 5.57 Å². The number of Topliss-reactive ketones (excluding diaryl/α,β-unsaturated/α-hetero) is 1. The van der Waals surface area contributed by atoms with Crippen LogP contribution in [0.4, 0.5) is 0 Å². The molecule has 96 valence electrons. The highest BCUT2D eigenvalue weighted by Crippen LogP contribution is 2.36. The molecular formula is C14H23NO2. The number of ketones is 1. The van der Waals surface area contributed by atoms with Crippen LogP contribution in [0.25, 0.3) is 0 Å². The van der Waals surface area contributed by atoms with Crippen LogP contribution in [-0.2, 0) is 9.53 Å². The Bertz CT molecular complexity index is 314. The van der Waals surface area contributed by atoms with Crippen LogP contribution in [0.3, 0.4) is 0 Å². The molecule has 17 heavy (non-hydrogen) atoms. The average molecular weight is 237 g/mol. The van der Waals surface area contributed by atoms with Crippen LogP contribution in [0.15, 0.2) is 11.8 Å². The molecule has 3 heteroatoms. The standard InChI is InChI=1S/C14H23NO2/c1-15(2)14(8-4-3-5-9-14)13(16)12-7-6-10-17-11-12/h11H,3-10H2,1-2H3. The van der Waals surface area contributed by atoms with Crippen molar-refractivity contribution in [3.05, 3.63) is 11.8 Å². The molecule has 0 saturated heterocycles. The van der Waals surface area contributed by atoms with Gasteiger partial charge in [-0.15, -0.1) is 0 Å². The van der Waals surface area contributed by atoms with Crippen molar-refractivity contribution in [3.63, 3.8) is 0 Å². The van der Waals surface area contributed by atoms with Crippen LogP contribution in [0.1, 0.15) is 44.9 Å². The van der Waals surface area contributed by atoms with Crippen molar-refractivity contribution in [2.75, 3.05) is 20.7 Å². The molecule has 1 aliphatic carbocycles. The number of hydrogen-bond acceptors (Lipinski definition) is 3. The summed E-state index contributed by atoms with van der Waals surface area (Å²) < 4.78 is 5.32. The molecule has 0 spiro atoms. The fourth-order valence-electron chi connectivity index (χ4n) is 3.04. The Hall–Kier alpha value is -0.830. The fourth-order valence-corrected chi connectivity index (χ4v) is 3.04. The summed E-state index contributed by atoms with van der Waals surface area (Å²) in [5, 5.41) is 0. The Balaban J connectivity index is 2.20. The molecule has 1 saturated carbocycles.